The van der Waals surface area contributed by atoms with Crippen molar-refractivity contribution < 1.29 is 4.39 Å². The van der Waals surface area contributed by atoms with Crippen LogP contribution in [0.25, 0.3) is 16.3 Å². The fourth-order valence-corrected chi connectivity index (χ4v) is 3.79. The van der Waals surface area contributed by atoms with Gasteiger partial charge in [0.2, 0.25) is 0 Å². The molecule has 154 valence electrons. The number of halogens is 1. The van der Waals surface area contributed by atoms with Crippen LogP contribution in [-0.2, 0) is 0 Å². The van der Waals surface area contributed by atoms with Gasteiger partial charge in [0, 0.05) is 47.7 Å². The van der Waals surface area contributed by atoms with Gasteiger partial charge in [-0.3, -0.25) is 4.99 Å². The number of benzene rings is 1. The largest absolute Gasteiger partial charge is 0.371 e. The average Bonchev–Trinajstić information content (AvgIpc) is 3.09. The molecule has 0 aliphatic rings. The molecule has 0 saturated carbocycles. The van der Waals surface area contributed by atoms with E-state index >= 15 is 0 Å². The molecule has 29 heavy (non-hydrogen) atoms. The van der Waals surface area contributed by atoms with Crippen molar-refractivity contribution in [2.24, 2.45) is 4.99 Å². The Morgan fingerprint density at radius 2 is 1.93 bits per heavy atom. The summed E-state index contributed by atoms with van der Waals surface area (Å²) in [6.07, 6.45) is 5.17. The highest BCUT2D eigenvalue weighted by Gasteiger charge is 2.16. The summed E-state index contributed by atoms with van der Waals surface area (Å²) in [6, 6.07) is 7.93. The van der Waals surface area contributed by atoms with Gasteiger partial charge in [-0.1, -0.05) is 61.3 Å². The molecule has 0 unspecified atom stereocenters. The third kappa shape index (κ3) is 6.79. The van der Waals surface area contributed by atoms with Crippen LogP contribution in [0, 0.1) is 5.13 Å². The van der Waals surface area contributed by atoms with Gasteiger partial charge >= 0.3 is 0 Å². The van der Waals surface area contributed by atoms with E-state index in [4.69, 9.17) is 0 Å². The number of allylic oxidation sites excluding steroid dienone is 3. The van der Waals surface area contributed by atoms with Gasteiger partial charge < -0.3 is 4.90 Å². The van der Waals surface area contributed by atoms with Crippen molar-refractivity contribution in [1.29, 1.82) is 0 Å². The van der Waals surface area contributed by atoms with E-state index in [0.29, 0.717) is 5.01 Å². The lowest BCUT2D eigenvalue weighted by Crippen LogP contribution is -2.25. The first-order valence-corrected chi connectivity index (χ1v) is 10.7. The zero-order valence-corrected chi connectivity index (χ0v) is 18.7. The summed E-state index contributed by atoms with van der Waals surface area (Å²) in [7, 11) is 0. The molecule has 1 aromatic heterocycles. The second-order valence-electron chi connectivity index (χ2n) is 7.26. The second kappa shape index (κ2) is 10.9. The molecule has 0 radical (unpaired) electrons. The molecule has 0 N–H and O–H groups in total. The number of thiazole rings is 1. The van der Waals surface area contributed by atoms with E-state index < -0.39 is 0 Å². The Morgan fingerprint density at radius 3 is 2.52 bits per heavy atom. The average molecular weight is 412 g/mol. The zero-order chi connectivity index (χ0) is 21.4. The molecule has 0 spiro atoms. The minimum Gasteiger partial charge on any atom is -0.371 e. The van der Waals surface area contributed by atoms with E-state index in [1.807, 2.05) is 31.2 Å². The molecule has 0 bridgehead atoms. The number of hydrogen-bond acceptors (Lipinski definition) is 4. The summed E-state index contributed by atoms with van der Waals surface area (Å²) in [5, 5.41) is 0.387. The van der Waals surface area contributed by atoms with Crippen molar-refractivity contribution in [1.82, 2.24) is 9.88 Å². The number of rotatable bonds is 10. The molecular formula is C24H30FN3S. The molecular weight excluding hydrogens is 381 g/mol. The molecule has 0 saturated heterocycles. The topological polar surface area (TPSA) is 28.5 Å². The van der Waals surface area contributed by atoms with E-state index in [9.17, 15) is 4.39 Å². The number of nitrogens with zero attached hydrogens (tertiary/aromatic N) is 3. The highest BCUT2D eigenvalue weighted by molar-refractivity contribution is 7.13. The third-order valence-electron chi connectivity index (χ3n) is 4.25. The van der Waals surface area contributed by atoms with Crippen molar-refractivity contribution >= 4 is 22.7 Å². The van der Waals surface area contributed by atoms with Gasteiger partial charge in [0.05, 0.1) is 6.20 Å². The van der Waals surface area contributed by atoms with Crippen LogP contribution in [0.1, 0.15) is 46.1 Å². The zero-order valence-electron chi connectivity index (χ0n) is 17.8. The van der Waals surface area contributed by atoms with Crippen LogP contribution in [0.4, 0.5) is 4.39 Å². The highest BCUT2D eigenvalue weighted by atomic mass is 32.1. The van der Waals surface area contributed by atoms with Crippen LogP contribution in [0.3, 0.4) is 0 Å². The molecule has 0 aliphatic carbocycles. The third-order valence-corrected chi connectivity index (χ3v) is 5.07. The van der Waals surface area contributed by atoms with Gasteiger partial charge in [-0.05, 0) is 33.3 Å². The summed E-state index contributed by atoms with van der Waals surface area (Å²) in [6.45, 7) is 18.2. The van der Waals surface area contributed by atoms with Crippen molar-refractivity contribution in [3.63, 3.8) is 0 Å². The Labute approximate surface area is 178 Å². The smallest absolute Gasteiger partial charge is 0.196 e. The highest BCUT2D eigenvalue weighted by Crippen LogP contribution is 2.32. The first kappa shape index (κ1) is 22.8. The lowest BCUT2D eigenvalue weighted by Gasteiger charge is -2.27. The van der Waals surface area contributed by atoms with Crippen LogP contribution >= 0.6 is 11.3 Å². The maximum atomic E-state index is 13.5. The summed E-state index contributed by atoms with van der Waals surface area (Å²) in [5.74, 6) is 0. The summed E-state index contributed by atoms with van der Waals surface area (Å²) in [5.41, 5.74) is 5.84. The minimum absolute atomic E-state index is 0.284. The van der Waals surface area contributed by atoms with Crippen molar-refractivity contribution in [2.45, 2.75) is 40.5 Å². The maximum absolute atomic E-state index is 13.5. The Kier molecular flexibility index (Phi) is 8.52. The van der Waals surface area contributed by atoms with Crippen molar-refractivity contribution in [3.05, 3.63) is 71.7 Å². The van der Waals surface area contributed by atoms with Crippen molar-refractivity contribution in [3.8, 4) is 10.6 Å². The van der Waals surface area contributed by atoms with Crippen LogP contribution in [0.5, 0.6) is 0 Å². The quantitative estimate of drug-likeness (QED) is 0.395. The van der Waals surface area contributed by atoms with Gasteiger partial charge in [0.15, 0.2) is 5.13 Å². The van der Waals surface area contributed by atoms with Crippen LogP contribution < -0.4 is 0 Å². The number of aliphatic imine (C=N–C) groups is 1. The predicted molar refractivity (Wildman–Crippen MR) is 125 cm³/mol. The van der Waals surface area contributed by atoms with Crippen molar-refractivity contribution in [2.75, 3.05) is 13.1 Å². The molecule has 3 nitrogen and oxygen atoms in total. The van der Waals surface area contributed by atoms with Crippen LogP contribution in [0.15, 0.2) is 66.0 Å². The van der Waals surface area contributed by atoms with E-state index in [1.54, 1.807) is 0 Å². The van der Waals surface area contributed by atoms with E-state index in [0.717, 1.165) is 65.5 Å². The summed E-state index contributed by atoms with van der Waals surface area (Å²) in [4.78, 5) is 11.1. The van der Waals surface area contributed by atoms with Gasteiger partial charge in [-0.2, -0.15) is 4.39 Å². The fourth-order valence-electron chi connectivity index (χ4n) is 3.11. The lowest BCUT2D eigenvalue weighted by molar-refractivity contribution is 0.408. The molecule has 0 amide bonds. The normalized spacial score (nSPS) is 11.3. The van der Waals surface area contributed by atoms with Crippen LogP contribution in [0.2, 0.25) is 0 Å². The number of aromatic nitrogens is 1. The minimum atomic E-state index is -0.284. The van der Waals surface area contributed by atoms with Gasteiger partial charge in [-0.15, -0.1) is 0 Å². The van der Waals surface area contributed by atoms with Gasteiger partial charge in [0.25, 0.3) is 0 Å². The monoisotopic (exact) mass is 411 g/mol. The van der Waals surface area contributed by atoms with Gasteiger partial charge in [-0.25, -0.2) is 4.98 Å². The summed E-state index contributed by atoms with van der Waals surface area (Å²) < 4.78 is 13.5. The maximum Gasteiger partial charge on any atom is 0.196 e. The summed E-state index contributed by atoms with van der Waals surface area (Å²) >= 11 is 1.06. The first-order chi connectivity index (χ1) is 13.8. The fraction of sp³-hybridized carbons (Fsp3) is 0.333. The Morgan fingerprint density at radius 1 is 1.21 bits per heavy atom. The second-order valence-corrected chi connectivity index (χ2v) is 8.24. The lowest BCUT2D eigenvalue weighted by atomic mass is 10.0. The Bertz CT molecular complexity index is 920. The molecule has 0 fully saturated rings. The SMILES string of the molecule is C=C(C)/N=C(\C=C(C)C)CCN(CCC)C(=C)c1ccccc1-c1ncc(F)s1. The Balaban J connectivity index is 2.28. The molecule has 1 heterocycles. The van der Waals surface area contributed by atoms with E-state index in [-0.39, 0.29) is 5.13 Å². The van der Waals surface area contributed by atoms with Gasteiger partial charge in [0.1, 0.15) is 5.01 Å². The van der Waals surface area contributed by atoms with Crippen LogP contribution in [-0.4, -0.2) is 28.7 Å². The first-order valence-electron chi connectivity index (χ1n) is 9.84. The predicted octanol–water partition coefficient (Wildman–Crippen LogP) is 6.96. The molecule has 1 aromatic carbocycles. The molecule has 0 aliphatic heterocycles. The molecule has 2 aromatic rings. The van der Waals surface area contributed by atoms with E-state index in [2.05, 4.69) is 54.9 Å². The molecule has 5 heteroatoms. The Hall–Kier alpha value is -2.53. The number of hydrogen-bond donors (Lipinski definition) is 0. The van der Waals surface area contributed by atoms with E-state index in [1.165, 1.54) is 11.8 Å². The standard InChI is InChI=1S/C24H30FN3S/c1-7-13-28(14-12-20(15-17(2)3)27-18(4)5)19(6)21-10-8-9-11-22(21)24-26-16-23(25)29-24/h8-11,15-16H,4,6-7,12-14H2,1-3,5H3/b27-20-. The molecule has 2 rings (SSSR count). The molecule has 0 atom stereocenters.